The van der Waals surface area contributed by atoms with E-state index in [4.69, 9.17) is 19.3 Å². The quantitative estimate of drug-likeness (QED) is 0.634. The van der Waals surface area contributed by atoms with Crippen LogP contribution in [0.3, 0.4) is 0 Å². The molecule has 0 unspecified atom stereocenters. The third-order valence-corrected chi connectivity index (χ3v) is 2.85. The Morgan fingerprint density at radius 2 is 1.81 bits per heavy atom. The zero-order valence-corrected chi connectivity index (χ0v) is 12.3. The van der Waals surface area contributed by atoms with Gasteiger partial charge < -0.3 is 23.9 Å². The zero-order chi connectivity index (χ0) is 15.7. The number of rotatable bonds is 10. The minimum atomic E-state index is -1.22. The third-order valence-electron chi connectivity index (χ3n) is 2.85. The van der Waals surface area contributed by atoms with E-state index < -0.39 is 11.4 Å². The second-order valence-electron chi connectivity index (χ2n) is 4.41. The van der Waals surface area contributed by atoms with E-state index in [9.17, 15) is 9.59 Å². The summed E-state index contributed by atoms with van der Waals surface area (Å²) in [7, 11) is 1.61. The largest absolute Gasteiger partial charge is 0.477 e. The average molecular weight is 299 g/mol. The minimum absolute atomic E-state index is 0.233. The van der Waals surface area contributed by atoms with Gasteiger partial charge in [0.2, 0.25) is 0 Å². The molecule has 7 nitrogen and oxygen atoms in total. The van der Waals surface area contributed by atoms with Gasteiger partial charge in [0.1, 0.15) is 5.56 Å². The molecule has 1 aromatic rings. The Kier molecular flexibility index (Phi) is 7.66. The molecule has 0 bridgehead atoms. The van der Waals surface area contributed by atoms with Gasteiger partial charge in [-0.3, -0.25) is 4.79 Å². The fraction of sp³-hybridized carbons (Fsp3) is 0.571. The highest BCUT2D eigenvalue weighted by Gasteiger charge is 2.10. The number of hydrogen-bond donors (Lipinski definition) is 1. The summed E-state index contributed by atoms with van der Waals surface area (Å²) in [5.74, 6) is -1.22. The van der Waals surface area contributed by atoms with Gasteiger partial charge in [0.25, 0.3) is 0 Å². The lowest BCUT2D eigenvalue weighted by Crippen LogP contribution is -2.20. The van der Waals surface area contributed by atoms with E-state index in [0.29, 0.717) is 45.3 Å². The molecular weight excluding hydrogens is 278 g/mol. The molecule has 1 aromatic heterocycles. The first-order valence-electron chi connectivity index (χ1n) is 6.65. The second-order valence-corrected chi connectivity index (χ2v) is 4.41. The number of aromatic nitrogens is 1. The molecule has 0 radical (unpaired) electrons. The number of nitrogens with zero attached hydrogens (tertiary/aromatic N) is 1. The van der Waals surface area contributed by atoms with Gasteiger partial charge in [0.05, 0.1) is 33.0 Å². The first-order chi connectivity index (χ1) is 10.1. The van der Waals surface area contributed by atoms with Crippen LogP contribution < -0.4 is 5.43 Å². The second kappa shape index (κ2) is 9.28. The normalized spacial score (nSPS) is 10.8. The van der Waals surface area contributed by atoms with Crippen molar-refractivity contribution in [1.29, 1.82) is 0 Å². The highest BCUT2D eigenvalue weighted by Crippen LogP contribution is 2.00. The molecule has 0 fully saturated rings. The zero-order valence-electron chi connectivity index (χ0n) is 12.3. The van der Waals surface area contributed by atoms with Crippen molar-refractivity contribution < 1.29 is 24.1 Å². The van der Waals surface area contributed by atoms with E-state index in [2.05, 4.69) is 0 Å². The van der Waals surface area contributed by atoms with E-state index in [-0.39, 0.29) is 5.56 Å². The van der Waals surface area contributed by atoms with Gasteiger partial charge in [-0.25, -0.2) is 4.79 Å². The maximum absolute atomic E-state index is 11.5. The van der Waals surface area contributed by atoms with Crippen molar-refractivity contribution in [2.75, 3.05) is 40.1 Å². The lowest BCUT2D eigenvalue weighted by molar-refractivity contribution is 0.0229. The van der Waals surface area contributed by atoms with Crippen LogP contribution in [-0.4, -0.2) is 55.8 Å². The highest BCUT2D eigenvalue weighted by atomic mass is 16.5. The lowest BCUT2D eigenvalue weighted by atomic mass is 10.2. The molecule has 0 aliphatic rings. The Morgan fingerprint density at radius 3 is 2.43 bits per heavy atom. The number of pyridine rings is 1. The van der Waals surface area contributed by atoms with Crippen LogP contribution in [0, 0.1) is 6.92 Å². The van der Waals surface area contributed by atoms with Crippen molar-refractivity contribution >= 4 is 5.97 Å². The van der Waals surface area contributed by atoms with Crippen LogP contribution in [0.5, 0.6) is 0 Å². The maximum atomic E-state index is 11.5. The fourth-order valence-corrected chi connectivity index (χ4v) is 1.70. The molecule has 0 saturated heterocycles. The number of methoxy groups -OCH3 is 1. The molecule has 21 heavy (non-hydrogen) atoms. The summed E-state index contributed by atoms with van der Waals surface area (Å²) < 4.78 is 17.2. The lowest BCUT2D eigenvalue weighted by Gasteiger charge is -2.12. The van der Waals surface area contributed by atoms with Crippen LogP contribution in [-0.2, 0) is 20.8 Å². The van der Waals surface area contributed by atoms with E-state index in [1.54, 1.807) is 18.6 Å². The topological polar surface area (TPSA) is 87.0 Å². The summed E-state index contributed by atoms with van der Waals surface area (Å²) in [6.07, 6.45) is 1.35. The Bertz CT molecular complexity index is 511. The fourth-order valence-electron chi connectivity index (χ4n) is 1.70. The molecule has 1 heterocycles. The standard InChI is InChI=1S/C14H21NO6/c1-11-9-13(16)12(14(17)18)10-15(11)3-4-20-7-8-21-6-5-19-2/h9-10H,3-8H2,1-2H3,(H,17,18). The van der Waals surface area contributed by atoms with Crippen LogP contribution in [0.1, 0.15) is 16.1 Å². The van der Waals surface area contributed by atoms with Crippen molar-refractivity contribution in [2.45, 2.75) is 13.5 Å². The van der Waals surface area contributed by atoms with E-state index >= 15 is 0 Å². The minimum Gasteiger partial charge on any atom is -0.477 e. The van der Waals surface area contributed by atoms with Crippen molar-refractivity contribution in [2.24, 2.45) is 0 Å². The number of aryl methyl sites for hydroxylation is 1. The van der Waals surface area contributed by atoms with Gasteiger partial charge >= 0.3 is 5.97 Å². The molecular formula is C14H21NO6. The Labute approximate surface area is 123 Å². The molecule has 0 aliphatic carbocycles. The van der Waals surface area contributed by atoms with Gasteiger partial charge in [-0.15, -0.1) is 0 Å². The van der Waals surface area contributed by atoms with Crippen molar-refractivity contribution in [1.82, 2.24) is 4.57 Å². The molecule has 1 rings (SSSR count). The summed E-state index contributed by atoms with van der Waals surface area (Å²) in [6.45, 7) is 4.65. The number of ether oxygens (including phenoxy) is 3. The van der Waals surface area contributed by atoms with E-state index in [1.807, 2.05) is 0 Å². The van der Waals surface area contributed by atoms with Crippen LogP contribution in [0.4, 0.5) is 0 Å². The Hall–Kier alpha value is -1.70. The monoisotopic (exact) mass is 299 g/mol. The first-order valence-corrected chi connectivity index (χ1v) is 6.65. The van der Waals surface area contributed by atoms with Crippen molar-refractivity contribution in [3.63, 3.8) is 0 Å². The molecule has 0 saturated carbocycles. The predicted octanol–water partition coefficient (Wildman–Crippen LogP) is 0.535. The Balaban J connectivity index is 2.37. The number of aromatic carboxylic acids is 1. The van der Waals surface area contributed by atoms with Crippen molar-refractivity contribution in [3.8, 4) is 0 Å². The molecule has 0 aromatic carbocycles. The molecule has 7 heteroatoms. The number of carboxylic acid groups (broad SMARTS) is 1. The van der Waals surface area contributed by atoms with Gasteiger partial charge in [0.15, 0.2) is 5.43 Å². The summed E-state index contributed by atoms with van der Waals surface area (Å²) in [4.78, 5) is 22.4. The predicted molar refractivity (Wildman–Crippen MR) is 75.9 cm³/mol. The molecule has 0 amide bonds. The summed E-state index contributed by atoms with van der Waals surface area (Å²) in [5, 5.41) is 8.92. The SMILES string of the molecule is COCCOCCOCCn1cc(C(=O)O)c(=O)cc1C. The Morgan fingerprint density at radius 1 is 1.19 bits per heavy atom. The maximum Gasteiger partial charge on any atom is 0.341 e. The van der Waals surface area contributed by atoms with Crippen LogP contribution in [0.2, 0.25) is 0 Å². The molecule has 1 N–H and O–H groups in total. The molecule has 0 aliphatic heterocycles. The summed E-state index contributed by atoms with van der Waals surface area (Å²) in [6, 6.07) is 1.32. The molecule has 118 valence electrons. The summed E-state index contributed by atoms with van der Waals surface area (Å²) in [5.41, 5.74) is -0.0165. The van der Waals surface area contributed by atoms with Crippen LogP contribution in [0.15, 0.2) is 17.1 Å². The molecule has 0 atom stereocenters. The van der Waals surface area contributed by atoms with Gasteiger partial charge in [-0.2, -0.15) is 0 Å². The smallest absolute Gasteiger partial charge is 0.341 e. The van der Waals surface area contributed by atoms with E-state index in [1.165, 1.54) is 12.3 Å². The average Bonchev–Trinajstić information content (AvgIpc) is 2.43. The van der Waals surface area contributed by atoms with E-state index in [0.717, 1.165) is 0 Å². The van der Waals surface area contributed by atoms with Crippen molar-refractivity contribution in [3.05, 3.63) is 33.7 Å². The van der Waals surface area contributed by atoms with Crippen LogP contribution >= 0.6 is 0 Å². The van der Waals surface area contributed by atoms with Gasteiger partial charge in [-0.1, -0.05) is 0 Å². The number of hydrogen-bond acceptors (Lipinski definition) is 5. The van der Waals surface area contributed by atoms with Crippen LogP contribution in [0.25, 0.3) is 0 Å². The third kappa shape index (κ3) is 6.07. The first kappa shape index (κ1) is 17.4. The van der Waals surface area contributed by atoms with Gasteiger partial charge in [-0.05, 0) is 6.92 Å². The molecule has 0 spiro atoms. The highest BCUT2D eigenvalue weighted by molar-refractivity contribution is 5.87. The summed E-state index contributed by atoms with van der Waals surface area (Å²) >= 11 is 0. The number of carbonyl (C=O) groups is 1. The van der Waals surface area contributed by atoms with Gasteiger partial charge in [0, 0.05) is 31.6 Å². The number of carboxylic acids is 1.